The second-order valence-corrected chi connectivity index (χ2v) is 7.23. The Labute approximate surface area is 198 Å². The first-order valence-electron chi connectivity index (χ1n) is 10.6. The first-order valence-corrected chi connectivity index (χ1v) is 10.6. The van der Waals surface area contributed by atoms with Crippen LogP contribution in [0, 0.1) is 12.8 Å². The predicted molar refractivity (Wildman–Crippen MR) is 131 cm³/mol. The minimum atomic E-state index is 0. The van der Waals surface area contributed by atoms with Crippen LogP contribution >= 0.6 is 24.0 Å². The standard InChI is InChI=1S/C22H37N3O4.HI/c1-4-23-22(24-9-5-10-27-16-19-8-11-28-17-19)25-15-20-7-6-18(2)14-21(20)29-13-12-26-3;/h6-7,14,19H,4-5,8-13,15-17H2,1-3H3,(H2,23,24,25);1H. The summed E-state index contributed by atoms with van der Waals surface area (Å²) in [5, 5.41) is 6.67. The molecule has 30 heavy (non-hydrogen) atoms. The van der Waals surface area contributed by atoms with E-state index in [9.17, 15) is 0 Å². The molecular formula is C22H38IN3O4. The van der Waals surface area contributed by atoms with Crippen LogP contribution in [0.5, 0.6) is 5.75 Å². The van der Waals surface area contributed by atoms with E-state index < -0.39 is 0 Å². The number of halogens is 1. The maximum Gasteiger partial charge on any atom is 0.191 e. The number of benzene rings is 1. The Morgan fingerprint density at radius 2 is 2.10 bits per heavy atom. The van der Waals surface area contributed by atoms with Crippen LogP contribution in [-0.2, 0) is 20.8 Å². The van der Waals surface area contributed by atoms with E-state index in [2.05, 4.69) is 36.6 Å². The van der Waals surface area contributed by atoms with Crippen LogP contribution in [0.1, 0.15) is 30.9 Å². The van der Waals surface area contributed by atoms with Gasteiger partial charge >= 0.3 is 0 Å². The predicted octanol–water partition coefficient (Wildman–Crippen LogP) is 3.14. The lowest BCUT2D eigenvalue weighted by Gasteiger charge is -2.14. The van der Waals surface area contributed by atoms with Crippen LogP contribution in [0.25, 0.3) is 0 Å². The minimum Gasteiger partial charge on any atom is -0.491 e. The SMILES string of the molecule is CCNC(=NCc1ccc(C)cc1OCCOC)NCCCOCC1CCOC1.I. The topological polar surface area (TPSA) is 73.3 Å². The van der Waals surface area contributed by atoms with E-state index in [1.54, 1.807) is 7.11 Å². The smallest absolute Gasteiger partial charge is 0.191 e. The molecule has 1 aliphatic heterocycles. The van der Waals surface area contributed by atoms with Crippen LogP contribution < -0.4 is 15.4 Å². The number of aryl methyl sites for hydroxylation is 1. The second-order valence-electron chi connectivity index (χ2n) is 7.23. The van der Waals surface area contributed by atoms with E-state index in [-0.39, 0.29) is 24.0 Å². The molecule has 1 aliphatic rings. The number of rotatable bonds is 13. The van der Waals surface area contributed by atoms with Crippen molar-refractivity contribution < 1.29 is 18.9 Å². The highest BCUT2D eigenvalue weighted by molar-refractivity contribution is 14.0. The number of ether oxygens (including phenoxy) is 4. The molecule has 7 nitrogen and oxygen atoms in total. The molecule has 0 spiro atoms. The van der Waals surface area contributed by atoms with Crippen molar-refractivity contribution in [1.29, 1.82) is 0 Å². The van der Waals surface area contributed by atoms with Crippen molar-refractivity contribution in [2.24, 2.45) is 10.9 Å². The van der Waals surface area contributed by atoms with Gasteiger partial charge in [0.2, 0.25) is 0 Å². The largest absolute Gasteiger partial charge is 0.491 e. The van der Waals surface area contributed by atoms with Gasteiger partial charge in [0.25, 0.3) is 0 Å². The molecule has 2 N–H and O–H groups in total. The molecule has 1 unspecified atom stereocenters. The first kappa shape index (κ1) is 26.9. The highest BCUT2D eigenvalue weighted by Gasteiger charge is 2.15. The number of nitrogens with one attached hydrogen (secondary N) is 2. The lowest BCUT2D eigenvalue weighted by atomic mass is 10.1. The molecule has 172 valence electrons. The molecule has 0 aromatic heterocycles. The quantitative estimate of drug-likeness (QED) is 0.175. The van der Waals surface area contributed by atoms with Gasteiger partial charge in [0.1, 0.15) is 12.4 Å². The molecule has 0 aliphatic carbocycles. The molecule has 1 aromatic carbocycles. The Morgan fingerprint density at radius 3 is 2.83 bits per heavy atom. The molecule has 8 heteroatoms. The minimum absolute atomic E-state index is 0. The molecular weight excluding hydrogens is 497 g/mol. The van der Waals surface area contributed by atoms with Crippen LogP contribution in [0.3, 0.4) is 0 Å². The fourth-order valence-electron chi connectivity index (χ4n) is 3.01. The third-order valence-corrected chi connectivity index (χ3v) is 4.65. The molecule has 1 aromatic rings. The number of hydrogen-bond acceptors (Lipinski definition) is 5. The highest BCUT2D eigenvalue weighted by Crippen LogP contribution is 2.21. The van der Waals surface area contributed by atoms with E-state index in [1.165, 1.54) is 5.56 Å². The Balaban J connectivity index is 0.00000450. The summed E-state index contributed by atoms with van der Waals surface area (Å²) in [7, 11) is 1.67. The van der Waals surface area contributed by atoms with E-state index in [4.69, 9.17) is 23.9 Å². The summed E-state index contributed by atoms with van der Waals surface area (Å²) in [5.41, 5.74) is 2.23. The van der Waals surface area contributed by atoms with Crippen molar-refractivity contribution in [2.75, 3.05) is 59.8 Å². The summed E-state index contributed by atoms with van der Waals surface area (Å²) in [6.45, 7) is 10.7. The summed E-state index contributed by atoms with van der Waals surface area (Å²) in [6, 6.07) is 6.21. The molecule has 1 fully saturated rings. The van der Waals surface area contributed by atoms with Gasteiger partial charge in [-0.15, -0.1) is 24.0 Å². The summed E-state index contributed by atoms with van der Waals surface area (Å²) in [4.78, 5) is 4.71. The molecule has 0 saturated carbocycles. The second kappa shape index (κ2) is 16.6. The fraction of sp³-hybridized carbons (Fsp3) is 0.682. The average molecular weight is 535 g/mol. The maximum atomic E-state index is 5.86. The average Bonchev–Trinajstić information content (AvgIpc) is 3.23. The number of aliphatic imine (C=N–C) groups is 1. The lowest BCUT2D eigenvalue weighted by Crippen LogP contribution is -2.38. The maximum absolute atomic E-state index is 5.86. The van der Waals surface area contributed by atoms with Gasteiger partial charge in [0, 0.05) is 44.9 Å². The van der Waals surface area contributed by atoms with Crippen molar-refractivity contribution >= 4 is 29.9 Å². The molecule has 0 radical (unpaired) electrons. The zero-order chi connectivity index (χ0) is 20.7. The van der Waals surface area contributed by atoms with E-state index in [0.29, 0.717) is 25.7 Å². The Morgan fingerprint density at radius 1 is 1.23 bits per heavy atom. The first-order chi connectivity index (χ1) is 14.2. The van der Waals surface area contributed by atoms with Gasteiger partial charge in [-0.1, -0.05) is 12.1 Å². The van der Waals surface area contributed by atoms with E-state index in [0.717, 1.165) is 69.6 Å². The normalized spacial score (nSPS) is 16.2. The van der Waals surface area contributed by atoms with Gasteiger partial charge in [-0.2, -0.15) is 0 Å². The van der Waals surface area contributed by atoms with Gasteiger partial charge in [0.05, 0.1) is 26.4 Å². The van der Waals surface area contributed by atoms with E-state index >= 15 is 0 Å². The van der Waals surface area contributed by atoms with Crippen molar-refractivity contribution in [3.05, 3.63) is 29.3 Å². The zero-order valence-electron chi connectivity index (χ0n) is 18.6. The van der Waals surface area contributed by atoms with Crippen LogP contribution in [-0.4, -0.2) is 65.8 Å². The Bertz CT molecular complexity index is 610. The van der Waals surface area contributed by atoms with Crippen LogP contribution in [0.2, 0.25) is 0 Å². The van der Waals surface area contributed by atoms with Gasteiger partial charge in [-0.05, 0) is 38.3 Å². The number of guanidine groups is 1. The third-order valence-electron chi connectivity index (χ3n) is 4.65. The molecule has 0 amide bonds. The molecule has 2 rings (SSSR count). The molecule has 0 bridgehead atoms. The monoisotopic (exact) mass is 535 g/mol. The molecule has 1 saturated heterocycles. The Kier molecular flexibility index (Phi) is 14.9. The van der Waals surface area contributed by atoms with Crippen molar-refractivity contribution in [3.8, 4) is 5.75 Å². The number of methoxy groups -OCH3 is 1. The number of nitrogens with zero attached hydrogens (tertiary/aromatic N) is 1. The summed E-state index contributed by atoms with van der Waals surface area (Å²) in [5.74, 6) is 2.24. The zero-order valence-corrected chi connectivity index (χ0v) is 20.9. The van der Waals surface area contributed by atoms with Gasteiger partial charge in [-0.3, -0.25) is 0 Å². The van der Waals surface area contributed by atoms with Crippen molar-refractivity contribution in [2.45, 2.75) is 33.2 Å². The molecule has 1 atom stereocenters. The van der Waals surface area contributed by atoms with Crippen LogP contribution in [0.15, 0.2) is 23.2 Å². The van der Waals surface area contributed by atoms with Crippen molar-refractivity contribution in [1.82, 2.24) is 10.6 Å². The van der Waals surface area contributed by atoms with Crippen molar-refractivity contribution in [3.63, 3.8) is 0 Å². The summed E-state index contributed by atoms with van der Waals surface area (Å²) >= 11 is 0. The van der Waals surface area contributed by atoms with Gasteiger partial charge in [0.15, 0.2) is 5.96 Å². The number of hydrogen-bond donors (Lipinski definition) is 2. The van der Waals surface area contributed by atoms with Gasteiger partial charge in [-0.25, -0.2) is 4.99 Å². The van der Waals surface area contributed by atoms with Crippen LogP contribution in [0.4, 0.5) is 0 Å². The van der Waals surface area contributed by atoms with E-state index in [1.807, 2.05) is 6.07 Å². The third kappa shape index (κ3) is 10.8. The molecule has 1 heterocycles. The summed E-state index contributed by atoms with van der Waals surface area (Å²) in [6.07, 6.45) is 2.06. The van der Waals surface area contributed by atoms with Gasteiger partial charge < -0.3 is 29.6 Å². The fourth-order valence-corrected chi connectivity index (χ4v) is 3.01. The highest BCUT2D eigenvalue weighted by atomic mass is 127. The lowest BCUT2D eigenvalue weighted by molar-refractivity contribution is 0.0888. The summed E-state index contributed by atoms with van der Waals surface area (Å²) < 4.78 is 22.1. The Hall–Kier alpha value is -1.10.